The van der Waals surface area contributed by atoms with Crippen LogP contribution in [-0.2, 0) is 34.3 Å². The normalized spacial score (nSPS) is 15.8. The highest BCUT2D eigenvalue weighted by Gasteiger charge is 2.35. The third-order valence-corrected chi connectivity index (χ3v) is 10.0. The average Bonchev–Trinajstić information content (AvgIpc) is 3.70. The van der Waals surface area contributed by atoms with Crippen molar-refractivity contribution in [3.63, 3.8) is 0 Å². The highest BCUT2D eigenvalue weighted by molar-refractivity contribution is 7.89. The Morgan fingerprint density at radius 2 is 1.82 bits per heavy atom. The van der Waals surface area contributed by atoms with E-state index < -0.39 is 21.9 Å². The first-order valence-electron chi connectivity index (χ1n) is 12.7. The van der Waals surface area contributed by atoms with Gasteiger partial charge in [-0.3, -0.25) is 9.69 Å². The number of hydrogen-bond acceptors (Lipinski definition) is 7. The quantitative estimate of drug-likeness (QED) is 0.392. The van der Waals surface area contributed by atoms with Gasteiger partial charge in [-0.05, 0) is 61.6 Å². The highest BCUT2D eigenvalue weighted by atomic mass is 32.2. The highest BCUT2D eigenvalue weighted by Crippen LogP contribution is 2.38. The van der Waals surface area contributed by atoms with Gasteiger partial charge in [0, 0.05) is 43.2 Å². The fourth-order valence-electron chi connectivity index (χ4n) is 4.69. The van der Waals surface area contributed by atoms with E-state index in [9.17, 15) is 18.0 Å². The van der Waals surface area contributed by atoms with Gasteiger partial charge in [0.2, 0.25) is 10.0 Å². The molecule has 1 fully saturated rings. The molecule has 3 aromatic rings. The zero-order valence-electron chi connectivity index (χ0n) is 21.5. The second kappa shape index (κ2) is 11.0. The first kappa shape index (κ1) is 26.6. The van der Waals surface area contributed by atoms with E-state index in [-0.39, 0.29) is 17.5 Å². The van der Waals surface area contributed by atoms with E-state index in [0.29, 0.717) is 29.1 Å². The summed E-state index contributed by atoms with van der Waals surface area (Å²) >= 11 is 1.40. The maximum Gasteiger partial charge on any atom is 0.341 e. The number of nitrogens with zero attached hydrogens (tertiary/aromatic N) is 2. The summed E-state index contributed by atoms with van der Waals surface area (Å²) in [5, 5.41) is 3.36. The van der Waals surface area contributed by atoms with Gasteiger partial charge in [-0.2, -0.15) is 4.31 Å². The first-order chi connectivity index (χ1) is 18.3. The third kappa shape index (κ3) is 5.54. The molecule has 200 valence electrons. The van der Waals surface area contributed by atoms with E-state index in [1.54, 1.807) is 14.0 Å². The molecule has 0 saturated heterocycles. The average molecular weight is 554 g/mol. The Morgan fingerprint density at radius 1 is 1.11 bits per heavy atom. The molecule has 0 bridgehead atoms. The number of fused-ring (bicyclic) bond motifs is 1. The minimum Gasteiger partial charge on any atom is -0.462 e. The number of carbonyl (C=O) groups is 2. The number of ether oxygens (including phenoxy) is 1. The topological polar surface area (TPSA) is 96.0 Å². The molecule has 2 heterocycles. The summed E-state index contributed by atoms with van der Waals surface area (Å²) in [6.45, 7) is 4.27. The van der Waals surface area contributed by atoms with Crippen molar-refractivity contribution in [1.82, 2.24) is 9.21 Å². The van der Waals surface area contributed by atoms with E-state index in [4.69, 9.17) is 4.74 Å². The molecule has 0 spiro atoms. The molecule has 2 aliphatic rings. The number of hydrogen-bond donors (Lipinski definition) is 1. The molecular formula is C28H31N3O5S2. The summed E-state index contributed by atoms with van der Waals surface area (Å²) in [5.41, 5.74) is 2.88. The molecule has 1 amide bonds. The largest absolute Gasteiger partial charge is 0.462 e. The predicted octanol–water partition coefficient (Wildman–Crippen LogP) is 4.52. The van der Waals surface area contributed by atoms with Crippen LogP contribution >= 0.6 is 11.3 Å². The molecule has 5 rings (SSSR count). The number of sulfonamides is 1. The molecule has 10 heteroatoms. The van der Waals surface area contributed by atoms with Crippen molar-refractivity contribution in [2.75, 3.05) is 25.5 Å². The van der Waals surface area contributed by atoms with Crippen LogP contribution in [0.1, 0.15) is 56.5 Å². The number of rotatable bonds is 9. The predicted molar refractivity (Wildman–Crippen MR) is 147 cm³/mol. The van der Waals surface area contributed by atoms with Crippen LogP contribution in [0.2, 0.25) is 0 Å². The van der Waals surface area contributed by atoms with Gasteiger partial charge in [0.05, 0.1) is 17.1 Å². The molecule has 1 saturated carbocycles. The first-order valence-corrected chi connectivity index (χ1v) is 15.0. The summed E-state index contributed by atoms with van der Waals surface area (Å²) in [5.74, 6) is -0.851. The molecule has 2 aromatic carbocycles. The van der Waals surface area contributed by atoms with Crippen LogP contribution in [0.5, 0.6) is 0 Å². The Balaban J connectivity index is 1.35. The number of thiophene rings is 1. The van der Waals surface area contributed by atoms with Crippen LogP contribution in [0.25, 0.3) is 0 Å². The second-order valence-corrected chi connectivity index (χ2v) is 12.7. The molecule has 8 nitrogen and oxygen atoms in total. The van der Waals surface area contributed by atoms with Crippen molar-refractivity contribution in [3.05, 3.63) is 81.7 Å². The van der Waals surface area contributed by atoms with Crippen molar-refractivity contribution in [2.24, 2.45) is 0 Å². The summed E-state index contributed by atoms with van der Waals surface area (Å²) < 4.78 is 32.3. The van der Waals surface area contributed by atoms with E-state index in [2.05, 4.69) is 22.3 Å². The number of esters is 1. The zero-order valence-corrected chi connectivity index (χ0v) is 23.1. The molecule has 38 heavy (non-hydrogen) atoms. The second-order valence-electron chi connectivity index (χ2n) is 9.61. The fraction of sp³-hybridized carbons (Fsp3) is 0.357. The molecule has 0 unspecified atom stereocenters. The molecule has 0 atom stereocenters. The lowest BCUT2D eigenvalue weighted by Gasteiger charge is -2.27. The molecular weight excluding hydrogens is 522 g/mol. The van der Waals surface area contributed by atoms with E-state index >= 15 is 0 Å². The van der Waals surface area contributed by atoms with Gasteiger partial charge in [0.1, 0.15) is 5.00 Å². The summed E-state index contributed by atoms with van der Waals surface area (Å²) in [6.07, 6.45) is 2.42. The number of carbonyl (C=O) groups excluding carboxylic acids is 2. The minimum absolute atomic E-state index is 0.0535. The Kier molecular flexibility index (Phi) is 7.67. The van der Waals surface area contributed by atoms with Crippen molar-refractivity contribution < 1.29 is 22.7 Å². The van der Waals surface area contributed by atoms with Crippen molar-refractivity contribution in [2.45, 2.75) is 50.2 Å². The smallest absolute Gasteiger partial charge is 0.341 e. The molecule has 0 radical (unpaired) electrons. The van der Waals surface area contributed by atoms with Crippen LogP contribution in [0, 0.1) is 0 Å². The van der Waals surface area contributed by atoms with E-state index in [1.165, 1.54) is 45.5 Å². The van der Waals surface area contributed by atoms with Gasteiger partial charge in [0.25, 0.3) is 5.91 Å². The van der Waals surface area contributed by atoms with Crippen LogP contribution in [0.3, 0.4) is 0 Å². The Hall–Kier alpha value is -3.05. The fourth-order valence-corrected chi connectivity index (χ4v) is 7.38. The van der Waals surface area contributed by atoms with Crippen molar-refractivity contribution in [1.29, 1.82) is 0 Å². The van der Waals surface area contributed by atoms with Crippen LogP contribution in [0.4, 0.5) is 5.00 Å². The number of anilines is 1. The molecule has 1 aliphatic carbocycles. The maximum atomic E-state index is 13.2. The Bertz CT molecular complexity index is 1430. The third-order valence-electron chi connectivity index (χ3n) is 6.95. The lowest BCUT2D eigenvalue weighted by molar-refractivity contribution is 0.0526. The van der Waals surface area contributed by atoms with Gasteiger partial charge in [0.15, 0.2) is 0 Å². The molecule has 1 aromatic heterocycles. The lowest BCUT2D eigenvalue weighted by Crippen LogP contribution is -2.30. The monoisotopic (exact) mass is 553 g/mol. The molecule has 1 aliphatic heterocycles. The SMILES string of the molecule is CCOC(=O)c1c(NC(=O)c2ccc(S(=O)(=O)N(C)C3CC3)cc2)sc2c1CCN(Cc1ccccc1)C2. The maximum absolute atomic E-state index is 13.2. The molecule has 1 N–H and O–H groups in total. The summed E-state index contributed by atoms with van der Waals surface area (Å²) in [4.78, 5) is 29.6. The van der Waals surface area contributed by atoms with Crippen molar-refractivity contribution >= 4 is 38.2 Å². The minimum atomic E-state index is -3.59. The van der Waals surface area contributed by atoms with Gasteiger partial charge < -0.3 is 10.1 Å². The number of benzene rings is 2. The summed E-state index contributed by atoms with van der Waals surface area (Å²) in [7, 11) is -2.01. The lowest BCUT2D eigenvalue weighted by atomic mass is 10.0. The van der Waals surface area contributed by atoms with Crippen molar-refractivity contribution in [3.8, 4) is 0 Å². The van der Waals surface area contributed by atoms with E-state index in [0.717, 1.165) is 36.4 Å². The van der Waals surface area contributed by atoms with Gasteiger partial charge >= 0.3 is 5.97 Å². The van der Waals surface area contributed by atoms with Crippen LogP contribution < -0.4 is 5.32 Å². The summed E-state index contributed by atoms with van der Waals surface area (Å²) in [6, 6.07) is 16.2. The van der Waals surface area contributed by atoms with Crippen LogP contribution in [0.15, 0.2) is 59.5 Å². The van der Waals surface area contributed by atoms with Gasteiger partial charge in [-0.1, -0.05) is 30.3 Å². The zero-order chi connectivity index (χ0) is 26.9. The van der Waals surface area contributed by atoms with Crippen LogP contribution in [-0.4, -0.2) is 55.7 Å². The Morgan fingerprint density at radius 3 is 2.47 bits per heavy atom. The number of amides is 1. The number of nitrogens with one attached hydrogen (secondary N) is 1. The Labute approximate surface area is 227 Å². The van der Waals surface area contributed by atoms with Gasteiger partial charge in [-0.15, -0.1) is 11.3 Å². The standard InChI is InChI=1S/C28H31N3O5S2/c1-3-36-28(33)25-23-15-16-31(17-19-7-5-4-6-8-19)18-24(23)37-27(25)29-26(32)20-9-13-22(14-10-20)38(34,35)30(2)21-11-12-21/h4-10,13-14,21H,3,11-12,15-18H2,1-2H3,(H,29,32). The van der Waals surface area contributed by atoms with Gasteiger partial charge in [-0.25, -0.2) is 13.2 Å². The van der Waals surface area contributed by atoms with E-state index in [1.807, 2.05) is 18.2 Å².